The van der Waals surface area contributed by atoms with E-state index in [-0.39, 0.29) is 5.75 Å². The van der Waals surface area contributed by atoms with Crippen molar-refractivity contribution in [3.8, 4) is 11.5 Å². The third-order valence-corrected chi connectivity index (χ3v) is 3.84. The Labute approximate surface area is 115 Å². The molecule has 1 aliphatic heterocycles. The molecule has 1 fully saturated rings. The summed E-state index contributed by atoms with van der Waals surface area (Å²) in [6, 6.07) is 6.22. The fourth-order valence-electron chi connectivity index (χ4n) is 2.68. The van der Waals surface area contributed by atoms with Crippen LogP contribution in [0.15, 0.2) is 18.2 Å². The third-order valence-electron chi connectivity index (χ3n) is 3.84. The highest BCUT2D eigenvalue weighted by Crippen LogP contribution is 2.27. The number of ether oxygens (including phenoxy) is 1. The molecule has 4 heteroatoms. The zero-order valence-corrected chi connectivity index (χ0v) is 11.9. The molecule has 0 aliphatic carbocycles. The summed E-state index contributed by atoms with van der Waals surface area (Å²) in [5, 5.41) is 13.1. The first-order chi connectivity index (χ1) is 9.20. The normalized spacial score (nSPS) is 20.3. The number of rotatable bonds is 4. The molecule has 1 atom stereocenters. The van der Waals surface area contributed by atoms with Gasteiger partial charge < -0.3 is 15.2 Å². The molecule has 0 bridgehead atoms. The molecule has 2 N–H and O–H groups in total. The van der Waals surface area contributed by atoms with Crippen molar-refractivity contribution >= 4 is 0 Å². The fourth-order valence-corrected chi connectivity index (χ4v) is 2.68. The van der Waals surface area contributed by atoms with Crippen molar-refractivity contribution < 1.29 is 9.84 Å². The highest BCUT2D eigenvalue weighted by molar-refractivity contribution is 5.41. The van der Waals surface area contributed by atoms with Crippen LogP contribution in [0.4, 0.5) is 0 Å². The van der Waals surface area contributed by atoms with Crippen LogP contribution < -0.4 is 10.1 Å². The van der Waals surface area contributed by atoms with Gasteiger partial charge in [-0.3, -0.25) is 4.90 Å². The Morgan fingerprint density at radius 2 is 2.21 bits per heavy atom. The lowest BCUT2D eigenvalue weighted by Crippen LogP contribution is -2.31. The van der Waals surface area contributed by atoms with Gasteiger partial charge >= 0.3 is 0 Å². The Kier molecular flexibility index (Phi) is 5.05. The molecule has 1 unspecified atom stereocenters. The molecule has 1 aromatic rings. The summed E-state index contributed by atoms with van der Waals surface area (Å²) < 4.78 is 5.15. The van der Waals surface area contributed by atoms with Crippen molar-refractivity contribution in [2.45, 2.75) is 31.8 Å². The van der Waals surface area contributed by atoms with Gasteiger partial charge in [-0.25, -0.2) is 0 Å². The second kappa shape index (κ2) is 6.78. The molecular weight excluding hydrogens is 240 g/mol. The SMILES string of the molecule is COc1cc(CN(C)C2CCCNCC2)ccc1O. The zero-order valence-electron chi connectivity index (χ0n) is 11.9. The van der Waals surface area contributed by atoms with Gasteiger partial charge in [-0.2, -0.15) is 0 Å². The molecule has 0 saturated carbocycles. The standard InChI is InChI=1S/C15H24N2O2/c1-17(13-4-3-8-16-9-7-13)11-12-5-6-14(18)15(10-12)19-2/h5-6,10,13,16,18H,3-4,7-9,11H2,1-2H3. The number of benzene rings is 1. The monoisotopic (exact) mass is 264 g/mol. The van der Waals surface area contributed by atoms with E-state index in [0.29, 0.717) is 11.8 Å². The maximum atomic E-state index is 9.61. The van der Waals surface area contributed by atoms with Crippen molar-refractivity contribution in [3.05, 3.63) is 23.8 Å². The van der Waals surface area contributed by atoms with Crippen molar-refractivity contribution in [2.75, 3.05) is 27.2 Å². The Bertz CT molecular complexity index is 401. The van der Waals surface area contributed by atoms with Crippen LogP contribution in [0, 0.1) is 0 Å². The van der Waals surface area contributed by atoms with E-state index in [9.17, 15) is 5.11 Å². The summed E-state index contributed by atoms with van der Waals surface area (Å²) >= 11 is 0. The Balaban J connectivity index is 1.99. The number of aromatic hydroxyl groups is 1. The van der Waals surface area contributed by atoms with E-state index in [4.69, 9.17) is 4.74 Å². The number of phenols is 1. The molecule has 0 amide bonds. The average molecular weight is 264 g/mol. The first-order valence-corrected chi connectivity index (χ1v) is 6.97. The van der Waals surface area contributed by atoms with Crippen molar-refractivity contribution in [3.63, 3.8) is 0 Å². The molecule has 0 aromatic heterocycles. The summed E-state index contributed by atoms with van der Waals surface area (Å²) in [5.41, 5.74) is 1.18. The molecule has 1 aromatic carbocycles. The molecule has 1 heterocycles. The smallest absolute Gasteiger partial charge is 0.160 e. The molecule has 1 aliphatic rings. The van der Waals surface area contributed by atoms with E-state index < -0.39 is 0 Å². The van der Waals surface area contributed by atoms with Crippen molar-refractivity contribution in [1.82, 2.24) is 10.2 Å². The Hall–Kier alpha value is -1.26. The van der Waals surface area contributed by atoms with E-state index >= 15 is 0 Å². The van der Waals surface area contributed by atoms with Crippen LogP contribution in [0.5, 0.6) is 11.5 Å². The van der Waals surface area contributed by atoms with Crippen molar-refractivity contribution in [1.29, 1.82) is 0 Å². The minimum Gasteiger partial charge on any atom is -0.504 e. The molecule has 4 nitrogen and oxygen atoms in total. The second-order valence-corrected chi connectivity index (χ2v) is 5.26. The molecule has 0 spiro atoms. The number of methoxy groups -OCH3 is 1. The molecule has 106 valence electrons. The van der Waals surface area contributed by atoms with E-state index in [1.807, 2.05) is 12.1 Å². The van der Waals surface area contributed by atoms with E-state index in [0.717, 1.165) is 19.6 Å². The van der Waals surface area contributed by atoms with Gasteiger partial charge in [0.25, 0.3) is 0 Å². The summed E-state index contributed by atoms with van der Waals surface area (Å²) in [5.74, 6) is 0.751. The summed E-state index contributed by atoms with van der Waals surface area (Å²) in [6.45, 7) is 3.13. The van der Waals surface area contributed by atoms with Gasteiger partial charge in [0.1, 0.15) is 0 Å². The van der Waals surface area contributed by atoms with Gasteiger partial charge in [0.05, 0.1) is 7.11 Å². The quantitative estimate of drug-likeness (QED) is 0.873. The molecular formula is C15H24N2O2. The molecule has 19 heavy (non-hydrogen) atoms. The van der Waals surface area contributed by atoms with Crippen LogP contribution in [-0.4, -0.2) is 43.3 Å². The lowest BCUT2D eigenvalue weighted by atomic mass is 10.1. The van der Waals surface area contributed by atoms with Crippen LogP contribution in [-0.2, 0) is 6.54 Å². The van der Waals surface area contributed by atoms with Crippen LogP contribution >= 0.6 is 0 Å². The highest BCUT2D eigenvalue weighted by atomic mass is 16.5. The van der Waals surface area contributed by atoms with Gasteiger partial charge in [-0.1, -0.05) is 6.07 Å². The Morgan fingerprint density at radius 1 is 1.37 bits per heavy atom. The number of hydrogen-bond donors (Lipinski definition) is 2. The van der Waals surface area contributed by atoms with Crippen LogP contribution in [0.2, 0.25) is 0 Å². The second-order valence-electron chi connectivity index (χ2n) is 5.26. The Morgan fingerprint density at radius 3 is 3.00 bits per heavy atom. The molecule has 2 rings (SSSR count). The molecule has 1 saturated heterocycles. The predicted octanol–water partition coefficient (Wildman–Crippen LogP) is 1.97. The maximum Gasteiger partial charge on any atom is 0.160 e. The first kappa shape index (κ1) is 14.2. The maximum absolute atomic E-state index is 9.61. The summed E-state index contributed by atoms with van der Waals surface area (Å²) in [6.07, 6.45) is 3.69. The summed E-state index contributed by atoms with van der Waals surface area (Å²) in [4.78, 5) is 2.40. The van der Waals surface area contributed by atoms with Gasteiger partial charge in [0, 0.05) is 12.6 Å². The van der Waals surface area contributed by atoms with Crippen molar-refractivity contribution in [2.24, 2.45) is 0 Å². The van der Waals surface area contributed by atoms with Gasteiger partial charge in [0.2, 0.25) is 0 Å². The average Bonchev–Trinajstić information content (AvgIpc) is 2.70. The zero-order chi connectivity index (χ0) is 13.7. The largest absolute Gasteiger partial charge is 0.504 e. The number of nitrogens with zero attached hydrogens (tertiary/aromatic N) is 1. The minimum atomic E-state index is 0.201. The topological polar surface area (TPSA) is 44.7 Å². The predicted molar refractivity (Wildman–Crippen MR) is 76.6 cm³/mol. The third kappa shape index (κ3) is 3.85. The van der Waals surface area contributed by atoms with Gasteiger partial charge in [-0.15, -0.1) is 0 Å². The number of nitrogens with one attached hydrogen (secondary N) is 1. The lowest BCUT2D eigenvalue weighted by Gasteiger charge is -2.27. The van der Waals surface area contributed by atoms with E-state index in [2.05, 4.69) is 17.3 Å². The van der Waals surface area contributed by atoms with Crippen LogP contribution in [0.1, 0.15) is 24.8 Å². The minimum absolute atomic E-state index is 0.201. The fraction of sp³-hybridized carbons (Fsp3) is 0.600. The van der Waals surface area contributed by atoms with Crippen LogP contribution in [0.3, 0.4) is 0 Å². The van der Waals surface area contributed by atoms with Gasteiger partial charge in [0.15, 0.2) is 11.5 Å². The first-order valence-electron chi connectivity index (χ1n) is 6.97. The van der Waals surface area contributed by atoms with Gasteiger partial charge in [-0.05, 0) is 57.1 Å². The highest BCUT2D eigenvalue weighted by Gasteiger charge is 2.17. The number of hydrogen-bond acceptors (Lipinski definition) is 4. The van der Waals surface area contributed by atoms with E-state index in [1.54, 1.807) is 13.2 Å². The number of phenolic OH excluding ortho intramolecular Hbond substituents is 1. The molecule has 0 radical (unpaired) electrons. The summed E-state index contributed by atoms with van der Waals surface area (Å²) in [7, 11) is 3.76. The lowest BCUT2D eigenvalue weighted by molar-refractivity contribution is 0.216. The van der Waals surface area contributed by atoms with E-state index in [1.165, 1.54) is 24.8 Å². The van der Waals surface area contributed by atoms with Crippen LogP contribution in [0.25, 0.3) is 0 Å².